The number of amides is 2. The Kier molecular flexibility index (Phi) is 6.19. The lowest BCUT2D eigenvalue weighted by atomic mass is 9.92. The molecule has 1 aliphatic rings. The van der Waals surface area contributed by atoms with Crippen LogP contribution in [0.4, 0.5) is 9.18 Å². The van der Waals surface area contributed by atoms with Crippen molar-refractivity contribution < 1.29 is 23.8 Å². The highest BCUT2D eigenvalue weighted by Crippen LogP contribution is 2.20. The number of nitrogens with one attached hydrogen (secondary N) is 1. The summed E-state index contributed by atoms with van der Waals surface area (Å²) in [6, 6.07) is -0.558. The van der Waals surface area contributed by atoms with Crippen molar-refractivity contribution in [1.82, 2.24) is 10.2 Å². The molecule has 116 valence electrons. The molecule has 0 saturated carbocycles. The number of hydrogen-bond donors (Lipinski definition) is 2. The molecule has 0 aromatic carbocycles. The lowest BCUT2D eigenvalue weighted by Crippen LogP contribution is -2.62. The van der Waals surface area contributed by atoms with Gasteiger partial charge in [0.2, 0.25) is 0 Å². The Morgan fingerprint density at radius 2 is 2.05 bits per heavy atom. The number of carbonyl (C=O) groups is 2. The highest BCUT2D eigenvalue weighted by Gasteiger charge is 2.44. The first-order valence-electron chi connectivity index (χ1n) is 6.94. The van der Waals surface area contributed by atoms with Gasteiger partial charge in [-0.2, -0.15) is 0 Å². The molecule has 1 saturated heterocycles. The van der Waals surface area contributed by atoms with Crippen LogP contribution in [0.15, 0.2) is 0 Å². The first kappa shape index (κ1) is 16.7. The molecule has 7 heteroatoms. The number of carboxylic acids is 1. The minimum atomic E-state index is -1.90. The van der Waals surface area contributed by atoms with Gasteiger partial charge in [-0.05, 0) is 13.3 Å². The summed E-state index contributed by atoms with van der Waals surface area (Å²) < 4.78 is 19.3. The number of unbranched alkanes of at least 4 members (excludes halogenated alkanes) is 1. The number of halogens is 1. The summed E-state index contributed by atoms with van der Waals surface area (Å²) in [5.41, 5.74) is -1.90. The predicted octanol–water partition coefficient (Wildman–Crippen LogP) is 1.40. The van der Waals surface area contributed by atoms with Gasteiger partial charge in [-0.1, -0.05) is 19.8 Å². The van der Waals surface area contributed by atoms with E-state index in [4.69, 9.17) is 4.74 Å². The van der Waals surface area contributed by atoms with Crippen LogP contribution in [0, 0.1) is 0 Å². The van der Waals surface area contributed by atoms with Gasteiger partial charge < -0.3 is 20.1 Å². The number of aliphatic carboxylic acids is 1. The van der Waals surface area contributed by atoms with E-state index < -0.39 is 23.7 Å². The van der Waals surface area contributed by atoms with Crippen molar-refractivity contribution in [3.05, 3.63) is 0 Å². The molecule has 2 amide bonds. The molecule has 2 atom stereocenters. The van der Waals surface area contributed by atoms with E-state index in [9.17, 15) is 19.1 Å². The molecule has 1 aliphatic heterocycles. The number of urea groups is 1. The Hall–Kier alpha value is -1.37. The van der Waals surface area contributed by atoms with E-state index in [1.54, 1.807) is 0 Å². The van der Waals surface area contributed by atoms with Gasteiger partial charge in [0.15, 0.2) is 5.54 Å². The Labute approximate surface area is 118 Å². The number of carboxylic acid groups (broad SMARTS) is 1. The first-order chi connectivity index (χ1) is 9.41. The van der Waals surface area contributed by atoms with Gasteiger partial charge in [0.1, 0.15) is 6.17 Å². The van der Waals surface area contributed by atoms with Gasteiger partial charge in [-0.25, -0.2) is 14.0 Å². The van der Waals surface area contributed by atoms with E-state index in [0.717, 1.165) is 6.42 Å². The van der Waals surface area contributed by atoms with Crippen molar-refractivity contribution in [2.45, 2.75) is 44.8 Å². The minimum absolute atomic E-state index is 0.114. The van der Waals surface area contributed by atoms with Gasteiger partial charge in [0.25, 0.3) is 0 Å². The smallest absolute Gasteiger partial charge is 0.332 e. The maximum atomic E-state index is 14.2. The summed E-state index contributed by atoms with van der Waals surface area (Å²) in [7, 11) is 0. The molecule has 0 aliphatic carbocycles. The first-order valence-corrected chi connectivity index (χ1v) is 6.94. The van der Waals surface area contributed by atoms with Crippen LogP contribution < -0.4 is 5.32 Å². The van der Waals surface area contributed by atoms with E-state index in [1.807, 2.05) is 6.92 Å². The monoisotopic (exact) mass is 290 g/mol. The second-order valence-corrected chi connectivity index (χ2v) is 5.15. The second kappa shape index (κ2) is 7.42. The van der Waals surface area contributed by atoms with Gasteiger partial charge in [-0.15, -0.1) is 0 Å². The van der Waals surface area contributed by atoms with Crippen molar-refractivity contribution in [2.75, 3.05) is 26.3 Å². The van der Waals surface area contributed by atoms with E-state index in [1.165, 1.54) is 11.8 Å². The van der Waals surface area contributed by atoms with Gasteiger partial charge in [0.05, 0.1) is 13.2 Å². The average molecular weight is 290 g/mol. The van der Waals surface area contributed by atoms with Crippen LogP contribution in [-0.2, 0) is 9.53 Å². The van der Waals surface area contributed by atoms with Crippen molar-refractivity contribution >= 4 is 12.0 Å². The third kappa shape index (κ3) is 4.06. The molecular weight excluding hydrogens is 267 g/mol. The molecule has 1 fully saturated rings. The van der Waals surface area contributed by atoms with E-state index >= 15 is 0 Å². The Balaban J connectivity index is 2.69. The molecule has 0 bridgehead atoms. The topological polar surface area (TPSA) is 78.9 Å². The lowest BCUT2D eigenvalue weighted by molar-refractivity contribution is -0.146. The molecule has 1 heterocycles. The van der Waals surface area contributed by atoms with Crippen LogP contribution in [0.25, 0.3) is 0 Å². The molecule has 2 unspecified atom stereocenters. The van der Waals surface area contributed by atoms with Crippen LogP contribution in [0.5, 0.6) is 0 Å². The minimum Gasteiger partial charge on any atom is -0.479 e. The number of ether oxygens (including phenoxy) is 1. The van der Waals surface area contributed by atoms with E-state index in [0.29, 0.717) is 32.7 Å². The molecule has 0 spiro atoms. The number of nitrogens with zero attached hydrogens (tertiary/aromatic N) is 1. The summed E-state index contributed by atoms with van der Waals surface area (Å²) in [4.78, 5) is 24.8. The third-order valence-electron chi connectivity index (χ3n) is 3.55. The van der Waals surface area contributed by atoms with E-state index in [-0.39, 0.29) is 6.42 Å². The molecular formula is C13H23FN2O4. The molecule has 0 radical (unpaired) electrons. The fourth-order valence-corrected chi connectivity index (χ4v) is 2.01. The largest absolute Gasteiger partial charge is 0.479 e. The van der Waals surface area contributed by atoms with Crippen LogP contribution in [0.3, 0.4) is 0 Å². The highest BCUT2D eigenvalue weighted by atomic mass is 19.1. The molecule has 20 heavy (non-hydrogen) atoms. The fraction of sp³-hybridized carbons (Fsp3) is 0.846. The molecule has 0 aromatic heterocycles. The molecule has 0 aromatic rings. The lowest BCUT2D eigenvalue weighted by Gasteiger charge is -2.34. The van der Waals surface area contributed by atoms with Crippen LogP contribution in [-0.4, -0.2) is 60.0 Å². The highest BCUT2D eigenvalue weighted by molar-refractivity contribution is 5.86. The standard InChI is InChI=1S/C13H23FN2O4/c1-3-4-5-10(14)13(2,11(17)18)15-12(19)16-6-8-20-9-7-16/h10H,3-9H2,1-2H3,(H,15,19)(H,17,18). The maximum absolute atomic E-state index is 14.2. The van der Waals surface area contributed by atoms with Gasteiger partial charge >= 0.3 is 12.0 Å². The number of morpholine rings is 1. The summed E-state index contributed by atoms with van der Waals surface area (Å²) in [5, 5.41) is 11.6. The number of rotatable bonds is 6. The van der Waals surface area contributed by atoms with Gasteiger partial charge in [-0.3, -0.25) is 0 Å². The second-order valence-electron chi connectivity index (χ2n) is 5.15. The summed E-state index contributed by atoms with van der Waals surface area (Å²) in [5.74, 6) is -1.36. The Bertz CT molecular complexity index is 347. The summed E-state index contributed by atoms with van der Waals surface area (Å²) >= 11 is 0. The Morgan fingerprint density at radius 1 is 1.45 bits per heavy atom. The normalized spacial score (nSPS) is 20.1. The molecule has 6 nitrogen and oxygen atoms in total. The SMILES string of the molecule is CCCCC(F)C(C)(NC(=O)N1CCOCC1)C(=O)O. The summed E-state index contributed by atoms with van der Waals surface area (Å²) in [6.07, 6.45) is -0.154. The number of alkyl halides is 1. The van der Waals surface area contributed by atoms with Crippen LogP contribution >= 0.6 is 0 Å². The van der Waals surface area contributed by atoms with Crippen LogP contribution in [0.1, 0.15) is 33.1 Å². The van der Waals surface area contributed by atoms with Crippen molar-refractivity contribution in [3.63, 3.8) is 0 Å². The number of hydrogen-bond acceptors (Lipinski definition) is 3. The van der Waals surface area contributed by atoms with Gasteiger partial charge in [0, 0.05) is 13.1 Å². The zero-order valence-corrected chi connectivity index (χ0v) is 12.0. The van der Waals surface area contributed by atoms with Crippen molar-refractivity contribution in [2.24, 2.45) is 0 Å². The zero-order valence-electron chi connectivity index (χ0n) is 12.0. The summed E-state index contributed by atoms with van der Waals surface area (Å²) in [6.45, 7) is 4.70. The maximum Gasteiger partial charge on any atom is 0.332 e. The molecule has 2 N–H and O–H groups in total. The third-order valence-corrected chi connectivity index (χ3v) is 3.55. The predicted molar refractivity (Wildman–Crippen MR) is 71.4 cm³/mol. The molecule has 1 rings (SSSR count). The van der Waals surface area contributed by atoms with Crippen molar-refractivity contribution in [3.8, 4) is 0 Å². The quantitative estimate of drug-likeness (QED) is 0.775. The van der Waals surface area contributed by atoms with E-state index in [2.05, 4.69) is 5.32 Å². The zero-order chi connectivity index (χ0) is 15.2. The van der Waals surface area contributed by atoms with Crippen molar-refractivity contribution in [1.29, 1.82) is 0 Å². The fourth-order valence-electron chi connectivity index (χ4n) is 2.01. The average Bonchev–Trinajstić information content (AvgIpc) is 2.45. The number of carbonyl (C=O) groups excluding carboxylic acids is 1. The Morgan fingerprint density at radius 3 is 2.55 bits per heavy atom. The van der Waals surface area contributed by atoms with Crippen LogP contribution in [0.2, 0.25) is 0 Å².